The predicted molar refractivity (Wildman–Crippen MR) is 124 cm³/mol. The van der Waals surface area contributed by atoms with E-state index < -0.39 is 0 Å². The molecule has 0 radical (unpaired) electrons. The van der Waals surface area contributed by atoms with Gasteiger partial charge >= 0.3 is 0 Å². The van der Waals surface area contributed by atoms with Crippen molar-refractivity contribution in [1.82, 2.24) is 9.13 Å². The molecule has 150 valence electrons. The molecule has 4 aromatic rings. The van der Waals surface area contributed by atoms with E-state index in [0.717, 1.165) is 0 Å². The number of rotatable bonds is 3. The van der Waals surface area contributed by atoms with Crippen molar-refractivity contribution in [3.8, 4) is 22.5 Å². The molecule has 0 saturated heterocycles. The van der Waals surface area contributed by atoms with E-state index in [1.165, 1.54) is 96.1 Å². The molecule has 2 aromatic heterocycles. The normalized spacial score (nSPS) is 15.6. The van der Waals surface area contributed by atoms with E-state index in [9.17, 15) is 0 Å². The second-order valence-corrected chi connectivity index (χ2v) is 8.94. The second-order valence-electron chi connectivity index (χ2n) is 8.94. The molecule has 0 spiro atoms. The van der Waals surface area contributed by atoms with Gasteiger partial charge in [-0.15, -0.1) is 0 Å². The Labute approximate surface area is 178 Å². The van der Waals surface area contributed by atoms with Crippen LogP contribution in [0.3, 0.4) is 0 Å². The molecule has 2 aliphatic rings. The molecule has 0 atom stereocenters. The molecule has 2 heterocycles. The maximum atomic E-state index is 2.34. The molecule has 0 aliphatic heterocycles. The zero-order valence-corrected chi connectivity index (χ0v) is 17.5. The van der Waals surface area contributed by atoms with E-state index >= 15 is 0 Å². The van der Waals surface area contributed by atoms with Crippen LogP contribution in [-0.2, 0) is 25.7 Å². The van der Waals surface area contributed by atoms with Gasteiger partial charge < -0.3 is 9.13 Å². The van der Waals surface area contributed by atoms with E-state index in [0.29, 0.717) is 0 Å². The molecule has 30 heavy (non-hydrogen) atoms. The van der Waals surface area contributed by atoms with Gasteiger partial charge in [0, 0.05) is 36.2 Å². The van der Waals surface area contributed by atoms with Crippen LogP contribution in [-0.4, -0.2) is 9.13 Å². The van der Waals surface area contributed by atoms with E-state index in [1.54, 1.807) is 0 Å². The first-order chi connectivity index (χ1) is 14.8. The highest BCUT2D eigenvalue weighted by molar-refractivity contribution is 5.67. The first-order valence-corrected chi connectivity index (χ1v) is 11.4. The summed E-state index contributed by atoms with van der Waals surface area (Å²) in [7, 11) is 0. The van der Waals surface area contributed by atoms with Crippen molar-refractivity contribution in [3.63, 3.8) is 0 Å². The minimum absolute atomic E-state index is 1.23. The third-order valence-electron chi connectivity index (χ3n) is 6.93. The van der Waals surface area contributed by atoms with Crippen LogP contribution in [0.25, 0.3) is 22.5 Å². The van der Waals surface area contributed by atoms with Gasteiger partial charge in [0.1, 0.15) is 0 Å². The summed E-state index contributed by atoms with van der Waals surface area (Å²) in [4.78, 5) is 0. The Morgan fingerprint density at radius 3 is 1.50 bits per heavy atom. The topological polar surface area (TPSA) is 9.86 Å². The quantitative estimate of drug-likeness (QED) is 0.367. The Balaban J connectivity index is 1.29. The van der Waals surface area contributed by atoms with E-state index in [4.69, 9.17) is 0 Å². The summed E-state index contributed by atoms with van der Waals surface area (Å²) < 4.78 is 4.62. The van der Waals surface area contributed by atoms with Crippen molar-refractivity contribution in [3.05, 3.63) is 95.6 Å². The van der Waals surface area contributed by atoms with Gasteiger partial charge in [-0.1, -0.05) is 24.3 Å². The number of aromatic nitrogens is 2. The SMILES string of the molecule is c1cc(-c2ccc(-n3cc4c(c3)CCCC4)cc2)cc(-n2cc3c(c2)CCCC3)c1. The molecule has 2 heteroatoms. The second kappa shape index (κ2) is 7.36. The molecule has 0 unspecified atom stereocenters. The summed E-state index contributed by atoms with van der Waals surface area (Å²) in [6, 6.07) is 17.9. The van der Waals surface area contributed by atoms with E-state index in [1.807, 2.05) is 0 Å². The van der Waals surface area contributed by atoms with Gasteiger partial charge in [-0.2, -0.15) is 0 Å². The lowest BCUT2D eigenvalue weighted by Crippen LogP contribution is -1.97. The van der Waals surface area contributed by atoms with Crippen molar-refractivity contribution in [2.45, 2.75) is 51.4 Å². The number of hydrogen-bond donors (Lipinski definition) is 0. The zero-order valence-electron chi connectivity index (χ0n) is 17.5. The highest BCUT2D eigenvalue weighted by atomic mass is 15.0. The maximum Gasteiger partial charge on any atom is 0.0455 e. The Bertz CT molecular complexity index is 1140. The minimum Gasteiger partial charge on any atom is -0.323 e. The molecular weight excluding hydrogens is 364 g/mol. The highest BCUT2D eigenvalue weighted by Crippen LogP contribution is 2.28. The van der Waals surface area contributed by atoms with Crippen molar-refractivity contribution in [2.24, 2.45) is 0 Å². The number of hydrogen-bond acceptors (Lipinski definition) is 0. The van der Waals surface area contributed by atoms with E-state index in [-0.39, 0.29) is 0 Å². The summed E-state index contributed by atoms with van der Waals surface area (Å²) in [5, 5.41) is 0. The first kappa shape index (κ1) is 17.8. The summed E-state index contributed by atoms with van der Waals surface area (Å²) in [6.45, 7) is 0. The van der Waals surface area contributed by atoms with Crippen LogP contribution >= 0.6 is 0 Å². The Kier molecular flexibility index (Phi) is 4.37. The molecular formula is C28H28N2. The van der Waals surface area contributed by atoms with Crippen LogP contribution in [0, 0.1) is 0 Å². The fourth-order valence-corrected chi connectivity index (χ4v) is 5.21. The summed E-state index contributed by atoms with van der Waals surface area (Å²) in [5.74, 6) is 0. The number of benzene rings is 2. The fourth-order valence-electron chi connectivity index (χ4n) is 5.21. The monoisotopic (exact) mass is 392 g/mol. The largest absolute Gasteiger partial charge is 0.323 e. The van der Waals surface area contributed by atoms with Crippen LogP contribution in [0.15, 0.2) is 73.3 Å². The molecule has 0 N–H and O–H groups in total. The van der Waals surface area contributed by atoms with Crippen molar-refractivity contribution >= 4 is 0 Å². The highest BCUT2D eigenvalue weighted by Gasteiger charge is 2.14. The average molecular weight is 393 g/mol. The van der Waals surface area contributed by atoms with Gasteiger partial charge in [0.2, 0.25) is 0 Å². The Hall–Kier alpha value is -3.00. The zero-order chi connectivity index (χ0) is 19.9. The number of aryl methyl sites for hydroxylation is 4. The summed E-state index contributed by atoms with van der Waals surface area (Å²) >= 11 is 0. The van der Waals surface area contributed by atoms with Gasteiger partial charge in [-0.3, -0.25) is 0 Å². The average Bonchev–Trinajstić information content (AvgIpc) is 3.44. The number of fused-ring (bicyclic) bond motifs is 2. The lowest BCUT2D eigenvalue weighted by Gasteiger charge is -2.09. The molecule has 6 rings (SSSR count). The lowest BCUT2D eigenvalue weighted by atomic mass is 9.96. The van der Waals surface area contributed by atoms with Crippen molar-refractivity contribution in [1.29, 1.82) is 0 Å². The number of nitrogens with zero attached hydrogens (tertiary/aromatic N) is 2. The standard InChI is InChI=1S/C28H28N2/c1-2-7-24-18-29(17-23(24)6-1)27-14-12-21(13-15-27)22-10-5-11-28(16-22)30-19-25-8-3-4-9-26(25)20-30/h5,10-20H,1-4,6-9H2. The molecule has 0 fully saturated rings. The third kappa shape index (κ3) is 3.21. The van der Waals surface area contributed by atoms with Crippen LogP contribution in [0.1, 0.15) is 47.9 Å². The van der Waals surface area contributed by atoms with Crippen LogP contribution < -0.4 is 0 Å². The van der Waals surface area contributed by atoms with Gasteiger partial charge in [0.25, 0.3) is 0 Å². The van der Waals surface area contributed by atoms with E-state index in [2.05, 4.69) is 82.5 Å². The molecule has 2 nitrogen and oxygen atoms in total. The maximum absolute atomic E-state index is 2.34. The fraction of sp³-hybridized carbons (Fsp3) is 0.286. The van der Waals surface area contributed by atoms with Gasteiger partial charge in [-0.25, -0.2) is 0 Å². The van der Waals surface area contributed by atoms with Crippen LogP contribution in [0.4, 0.5) is 0 Å². The van der Waals surface area contributed by atoms with Crippen LogP contribution in [0.2, 0.25) is 0 Å². The smallest absolute Gasteiger partial charge is 0.0455 e. The summed E-state index contributed by atoms with van der Waals surface area (Å²) in [5.41, 5.74) is 11.2. The minimum atomic E-state index is 1.23. The third-order valence-corrected chi connectivity index (χ3v) is 6.93. The predicted octanol–water partition coefficient (Wildman–Crippen LogP) is 6.69. The Morgan fingerprint density at radius 2 is 0.967 bits per heavy atom. The van der Waals surface area contributed by atoms with Crippen molar-refractivity contribution < 1.29 is 0 Å². The van der Waals surface area contributed by atoms with Crippen LogP contribution in [0.5, 0.6) is 0 Å². The van der Waals surface area contributed by atoms with Gasteiger partial charge in [-0.05, 0) is 109 Å². The lowest BCUT2D eigenvalue weighted by molar-refractivity contribution is 0.690. The molecule has 2 aliphatic carbocycles. The Morgan fingerprint density at radius 1 is 0.467 bits per heavy atom. The first-order valence-electron chi connectivity index (χ1n) is 11.4. The molecule has 2 aromatic carbocycles. The van der Waals surface area contributed by atoms with Gasteiger partial charge in [0.05, 0.1) is 0 Å². The van der Waals surface area contributed by atoms with Gasteiger partial charge in [0.15, 0.2) is 0 Å². The molecule has 0 bridgehead atoms. The van der Waals surface area contributed by atoms with Crippen molar-refractivity contribution in [2.75, 3.05) is 0 Å². The summed E-state index contributed by atoms with van der Waals surface area (Å²) in [6.07, 6.45) is 19.6. The molecule has 0 saturated carbocycles. The molecule has 0 amide bonds.